The molecule has 3 N–H and O–H groups in total. The number of hydrogen-bond donors (Lipinski definition) is 3. The van der Waals surface area contributed by atoms with E-state index in [9.17, 15) is 19.1 Å². The molecule has 0 saturated heterocycles. The molecule has 0 radical (unpaired) electrons. The fourth-order valence-electron chi connectivity index (χ4n) is 2.85. The third-order valence-electron chi connectivity index (χ3n) is 4.38. The van der Waals surface area contributed by atoms with E-state index in [1.807, 2.05) is 13.8 Å². The number of rotatable bonds is 8. The van der Waals surface area contributed by atoms with Gasteiger partial charge in [-0.15, -0.1) is 0 Å². The summed E-state index contributed by atoms with van der Waals surface area (Å²) in [4.78, 5) is 30.8. The highest BCUT2D eigenvalue weighted by molar-refractivity contribution is 6.33. The van der Waals surface area contributed by atoms with Gasteiger partial charge in [0.2, 0.25) is 5.95 Å². The zero-order valence-electron chi connectivity index (χ0n) is 17.1. The van der Waals surface area contributed by atoms with Crippen LogP contribution in [-0.4, -0.2) is 49.2 Å². The second-order valence-electron chi connectivity index (χ2n) is 7.08. The van der Waals surface area contributed by atoms with Crippen LogP contribution in [0.5, 0.6) is 0 Å². The van der Waals surface area contributed by atoms with Gasteiger partial charge >= 0.3 is 5.69 Å². The Morgan fingerprint density at radius 1 is 1.42 bits per heavy atom. The number of anilines is 1. The van der Waals surface area contributed by atoms with Crippen LogP contribution in [0.2, 0.25) is 5.02 Å². The van der Waals surface area contributed by atoms with Gasteiger partial charge in [0.05, 0.1) is 36.6 Å². The first-order valence-corrected chi connectivity index (χ1v) is 9.79. The summed E-state index contributed by atoms with van der Waals surface area (Å²) in [6.45, 7) is 3.61. The van der Waals surface area contributed by atoms with Gasteiger partial charge in [-0.05, 0) is 26.0 Å². The van der Waals surface area contributed by atoms with Crippen LogP contribution >= 0.6 is 11.6 Å². The molecule has 1 aromatic carbocycles. The van der Waals surface area contributed by atoms with Crippen molar-refractivity contribution in [2.75, 3.05) is 12.0 Å². The van der Waals surface area contributed by atoms with Crippen LogP contribution in [0.3, 0.4) is 0 Å². The quantitative estimate of drug-likeness (QED) is 0.351. The first kappa shape index (κ1) is 22.7. The minimum Gasteiger partial charge on any atom is -0.389 e. The number of aryl methyl sites for hydroxylation is 1. The van der Waals surface area contributed by atoms with Gasteiger partial charge in [0.1, 0.15) is 5.82 Å². The number of benzene rings is 1. The molecule has 0 spiro atoms. The fourth-order valence-corrected chi connectivity index (χ4v) is 3.07. The molecule has 0 aliphatic rings. The van der Waals surface area contributed by atoms with E-state index in [0.29, 0.717) is 0 Å². The molecule has 0 aliphatic heterocycles. The Labute approximate surface area is 180 Å². The number of ether oxygens (including phenoxy) is 1. The fraction of sp³-hybridized carbons (Fsp3) is 0.368. The lowest BCUT2D eigenvalue weighted by Gasteiger charge is -2.15. The Bertz CT molecular complexity index is 1210. The highest BCUT2D eigenvalue weighted by Crippen LogP contribution is 2.18. The number of H-pyrrole nitrogens is 1. The van der Waals surface area contributed by atoms with Crippen LogP contribution in [0, 0.1) is 5.82 Å². The van der Waals surface area contributed by atoms with E-state index in [1.54, 1.807) is 0 Å². The Morgan fingerprint density at radius 2 is 2.16 bits per heavy atom. The molecular formula is C19H22ClFN6O4. The lowest BCUT2D eigenvalue weighted by molar-refractivity contribution is -0.000105. The minimum absolute atomic E-state index is 0.0224. The molecule has 0 aliphatic carbocycles. The van der Waals surface area contributed by atoms with Crippen LogP contribution in [0.15, 0.2) is 32.9 Å². The molecule has 31 heavy (non-hydrogen) atoms. The number of hydrazone groups is 1. The van der Waals surface area contributed by atoms with E-state index in [2.05, 4.69) is 20.5 Å². The van der Waals surface area contributed by atoms with E-state index >= 15 is 0 Å². The summed E-state index contributed by atoms with van der Waals surface area (Å²) >= 11 is 5.98. The summed E-state index contributed by atoms with van der Waals surface area (Å²) in [5.41, 5.74) is 1.53. The Kier molecular flexibility index (Phi) is 6.88. The average Bonchev–Trinajstić information content (AvgIpc) is 3.05. The highest BCUT2D eigenvalue weighted by atomic mass is 35.5. The molecule has 0 bridgehead atoms. The molecule has 0 saturated carbocycles. The van der Waals surface area contributed by atoms with E-state index < -0.39 is 23.2 Å². The van der Waals surface area contributed by atoms with Gasteiger partial charge < -0.3 is 14.4 Å². The van der Waals surface area contributed by atoms with E-state index in [1.165, 1.54) is 36.0 Å². The Morgan fingerprint density at radius 3 is 2.84 bits per heavy atom. The lowest BCUT2D eigenvalue weighted by Crippen LogP contribution is -2.30. The molecule has 0 amide bonds. The predicted molar refractivity (Wildman–Crippen MR) is 115 cm³/mol. The van der Waals surface area contributed by atoms with Gasteiger partial charge in [-0.2, -0.15) is 10.1 Å². The molecule has 2 aromatic heterocycles. The largest absolute Gasteiger partial charge is 0.389 e. The van der Waals surface area contributed by atoms with Gasteiger partial charge in [-0.25, -0.2) is 14.6 Å². The van der Waals surface area contributed by atoms with Crippen LogP contribution in [-0.2, 0) is 18.3 Å². The van der Waals surface area contributed by atoms with Gasteiger partial charge in [-0.1, -0.05) is 17.7 Å². The maximum atomic E-state index is 13.9. The summed E-state index contributed by atoms with van der Waals surface area (Å²) < 4.78 is 21.9. The van der Waals surface area contributed by atoms with E-state index in [-0.39, 0.29) is 47.0 Å². The van der Waals surface area contributed by atoms with Crippen molar-refractivity contribution in [1.82, 2.24) is 19.1 Å². The third kappa shape index (κ3) is 5.01. The number of aromatic amines is 1. The standard InChI is InChI=1S/C19H22ClFN6O4/c1-10(2)31-9-11(28)8-27-15-16(26(3)19(30)24-17(15)29)23-18(27)25-22-7-12-13(20)5-4-6-14(12)21/h4-7,10-11,28H,8-9H2,1-3H3,(H,23,25)(H,24,29,30)/b22-7+/t11-/m0/s1. The number of imidazole rings is 1. The average molecular weight is 453 g/mol. The lowest BCUT2D eigenvalue weighted by atomic mass is 10.2. The van der Waals surface area contributed by atoms with Crippen molar-refractivity contribution in [3.63, 3.8) is 0 Å². The summed E-state index contributed by atoms with van der Waals surface area (Å²) in [7, 11) is 1.45. The van der Waals surface area contributed by atoms with Crippen LogP contribution in [0.1, 0.15) is 19.4 Å². The second kappa shape index (κ2) is 9.41. The van der Waals surface area contributed by atoms with Gasteiger partial charge in [-0.3, -0.25) is 14.3 Å². The van der Waals surface area contributed by atoms with Crippen molar-refractivity contribution in [2.45, 2.75) is 32.6 Å². The molecule has 0 fully saturated rings. The van der Waals surface area contributed by atoms with Crippen molar-refractivity contribution in [1.29, 1.82) is 0 Å². The summed E-state index contributed by atoms with van der Waals surface area (Å²) in [6, 6.07) is 4.22. The zero-order chi connectivity index (χ0) is 22.7. The van der Waals surface area contributed by atoms with Crippen LogP contribution in [0.4, 0.5) is 10.3 Å². The minimum atomic E-state index is -0.970. The molecule has 0 unspecified atom stereocenters. The topological polar surface area (TPSA) is 127 Å². The van der Waals surface area contributed by atoms with Crippen molar-refractivity contribution in [2.24, 2.45) is 12.1 Å². The van der Waals surface area contributed by atoms with Crippen LogP contribution < -0.4 is 16.7 Å². The molecule has 3 rings (SSSR count). The van der Waals surface area contributed by atoms with Crippen LogP contribution in [0.25, 0.3) is 11.2 Å². The molecule has 10 nitrogen and oxygen atoms in total. The van der Waals surface area contributed by atoms with Gasteiger partial charge in [0.25, 0.3) is 5.56 Å². The number of nitrogens with zero attached hydrogens (tertiary/aromatic N) is 4. The first-order valence-electron chi connectivity index (χ1n) is 9.41. The SMILES string of the molecule is CC(C)OC[C@@H](O)Cn1c(N/N=C/c2c(F)cccc2Cl)nc2c1c(=O)[nH]c(=O)n2C. The summed E-state index contributed by atoms with van der Waals surface area (Å²) in [5.74, 6) is -0.499. The van der Waals surface area contributed by atoms with Gasteiger partial charge in [0.15, 0.2) is 11.2 Å². The third-order valence-corrected chi connectivity index (χ3v) is 4.71. The monoisotopic (exact) mass is 452 g/mol. The van der Waals surface area contributed by atoms with Crippen molar-refractivity contribution in [3.8, 4) is 0 Å². The number of halogens is 2. The zero-order valence-corrected chi connectivity index (χ0v) is 17.9. The molecule has 166 valence electrons. The number of nitrogens with one attached hydrogen (secondary N) is 2. The molecular weight excluding hydrogens is 431 g/mol. The molecule has 1 atom stereocenters. The number of hydrogen-bond acceptors (Lipinski definition) is 7. The summed E-state index contributed by atoms with van der Waals surface area (Å²) in [6.07, 6.45) is 0.108. The maximum absolute atomic E-state index is 13.9. The van der Waals surface area contributed by atoms with Crippen molar-refractivity contribution < 1.29 is 14.2 Å². The number of aromatic nitrogens is 4. The number of fused-ring (bicyclic) bond motifs is 1. The Balaban J connectivity index is 2.00. The van der Waals surface area contributed by atoms with Crippen molar-refractivity contribution >= 4 is 34.9 Å². The second-order valence-corrected chi connectivity index (χ2v) is 7.48. The summed E-state index contributed by atoms with van der Waals surface area (Å²) in [5, 5.41) is 14.5. The van der Waals surface area contributed by atoms with E-state index in [0.717, 1.165) is 4.57 Å². The number of aliphatic hydroxyl groups is 1. The normalized spacial score (nSPS) is 12.9. The maximum Gasteiger partial charge on any atom is 0.329 e. The molecule has 12 heteroatoms. The van der Waals surface area contributed by atoms with Crippen molar-refractivity contribution in [3.05, 3.63) is 55.4 Å². The van der Waals surface area contributed by atoms with Gasteiger partial charge in [0, 0.05) is 12.6 Å². The predicted octanol–water partition coefficient (Wildman–Crippen LogP) is 1.45. The molecule has 3 aromatic rings. The molecule has 2 heterocycles. The van der Waals surface area contributed by atoms with E-state index in [4.69, 9.17) is 16.3 Å². The highest BCUT2D eigenvalue weighted by Gasteiger charge is 2.20. The number of aliphatic hydroxyl groups excluding tert-OH is 1. The Hall–Kier alpha value is -3.02. The first-order chi connectivity index (χ1) is 14.7. The smallest absolute Gasteiger partial charge is 0.329 e.